The number of aryl methyl sites for hydroxylation is 3. The van der Waals surface area contributed by atoms with E-state index in [9.17, 15) is 14.4 Å². The molecule has 1 saturated heterocycles. The maximum absolute atomic E-state index is 13.1. The van der Waals surface area contributed by atoms with Gasteiger partial charge < -0.3 is 10.6 Å². The minimum absolute atomic E-state index is 0.364. The van der Waals surface area contributed by atoms with Crippen molar-refractivity contribution in [2.24, 2.45) is 0 Å². The van der Waals surface area contributed by atoms with Gasteiger partial charge in [-0.05, 0) is 67.5 Å². The van der Waals surface area contributed by atoms with Gasteiger partial charge in [-0.15, -0.1) is 0 Å². The van der Waals surface area contributed by atoms with E-state index >= 15 is 0 Å². The first-order valence-electron chi connectivity index (χ1n) is 9.60. The van der Waals surface area contributed by atoms with Crippen LogP contribution in [0.5, 0.6) is 0 Å². The molecule has 29 heavy (non-hydrogen) atoms. The Labute approximate surface area is 174 Å². The zero-order valence-electron chi connectivity index (χ0n) is 16.3. The summed E-state index contributed by atoms with van der Waals surface area (Å²) in [4.78, 5) is 39.1. The van der Waals surface area contributed by atoms with Crippen molar-refractivity contribution in [3.8, 4) is 0 Å². The van der Waals surface area contributed by atoms with Gasteiger partial charge in [0.05, 0.1) is 0 Å². The number of hydrogen-bond donors (Lipinski definition) is 2. The molecule has 7 heteroatoms. The number of nitrogens with one attached hydrogen (secondary N) is 2. The molecule has 0 bridgehead atoms. The fourth-order valence-corrected chi connectivity index (χ4v) is 4.15. The van der Waals surface area contributed by atoms with Crippen molar-refractivity contribution in [3.05, 3.63) is 63.7 Å². The third-order valence-corrected chi connectivity index (χ3v) is 5.96. The van der Waals surface area contributed by atoms with Gasteiger partial charge >= 0.3 is 6.03 Å². The molecule has 1 heterocycles. The highest BCUT2D eigenvalue weighted by Crippen LogP contribution is 2.32. The predicted molar refractivity (Wildman–Crippen MR) is 111 cm³/mol. The van der Waals surface area contributed by atoms with E-state index < -0.39 is 23.4 Å². The van der Waals surface area contributed by atoms with Gasteiger partial charge in [-0.3, -0.25) is 14.5 Å². The van der Waals surface area contributed by atoms with Gasteiger partial charge in [0.15, 0.2) is 0 Å². The highest BCUT2D eigenvalue weighted by atomic mass is 35.5. The van der Waals surface area contributed by atoms with E-state index in [0.717, 1.165) is 35.3 Å². The van der Waals surface area contributed by atoms with Crippen LogP contribution in [-0.2, 0) is 28.0 Å². The second-order valence-corrected chi connectivity index (χ2v) is 8.23. The van der Waals surface area contributed by atoms with E-state index in [4.69, 9.17) is 11.6 Å². The lowest BCUT2D eigenvalue weighted by atomic mass is 9.89. The summed E-state index contributed by atoms with van der Waals surface area (Å²) in [5.74, 6) is -0.893. The van der Waals surface area contributed by atoms with Crippen molar-refractivity contribution in [2.75, 3.05) is 11.9 Å². The smallest absolute Gasteiger partial charge is 0.324 e. The van der Waals surface area contributed by atoms with E-state index in [1.807, 2.05) is 25.1 Å². The van der Waals surface area contributed by atoms with Crippen LogP contribution in [-0.4, -0.2) is 29.3 Å². The molecular weight excluding hydrogens is 390 g/mol. The van der Waals surface area contributed by atoms with Crippen molar-refractivity contribution < 1.29 is 14.4 Å². The molecule has 6 nitrogen and oxygen atoms in total. The molecule has 2 N–H and O–H groups in total. The number of benzene rings is 2. The number of carbonyl (C=O) groups is 3. The Hall–Kier alpha value is -2.86. The van der Waals surface area contributed by atoms with Gasteiger partial charge in [0.1, 0.15) is 12.1 Å². The summed E-state index contributed by atoms with van der Waals surface area (Å²) >= 11 is 5.98. The molecule has 0 spiro atoms. The zero-order valence-corrected chi connectivity index (χ0v) is 17.1. The van der Waals surface area contributed by atoms with Crippen molar-refractivity contribution in [1.82, 2.24) is 10.2 Å². The lowest BCUT2D eigenvalue weighted by Crippen LogP contribution is -2.42. The third-order valence-electron chi connectivity index (χ3n) is 5.73. The molecule has 4 rings (SSSR count). The fourth-order valence-electron chi connectivity index (χ4n) is 3.98. The average molecular weight is 412 g/mol. The Morgan fingerprint density at radius 2 is 1.93 bits per heavy atom. The molecule has 150 valence electrons. The lowest BCUT2D eigenvalue weighted by Gasteiger charge is -2.23. The summed E-state index contributed by atoms with van der Waals surface area (Å²) < 4.78 is 0. The molecule has 2 aliphatic rings. The fraction of sp³-hybridized carbons (Fsp3) is 0.318. The van der Waals surface area contributed by atoms with Crippen LogP contribution in [0.4, 0.5) is 10.5 Å². The third kappa shape index (κ3) is 3.49. The molecule has 1 fully saturated rings. The Kier molecular flexibility index (Phi) is 4.82. The second-order valence-electron chi connectivity index (χ2n) is 7.79. The maximum atomic E-state index is 13.1. The minimum Gasteiger partial charge on any atom is -0.324 e. The molecule has 0 saturated carbocycles. The van der Waals surface area contributed by atoms with Gasteiger partial charge in [0.2, 0.25) is 5.91 Å². The number of rotatable bonds is 4. The second kappa shape index (κ2) is 7.19. The molecule has 2 aromatic rings. The summed E-state index contributed by atoms with van der Waals surface area (Å²) in [6.45, 7) is 3.16. The maximum Gasteiger partial charge on any atom is 0.325 e. The van der Waals surface area contributed by atoms with Crippen molar-refractivity contribution >= 4 is 35.1 Å². The standard InChI is InChI=1S/C22H22ClN3O3/c1-13-6-9-17(23)11-18(13)24-19(27)12-26-20(28)22(2,25-21(26)29)16-8-7-14-4-3-5-15(14)10-16/h6-11H,3-5,12H2,1-2H3,(H,24,27)(H,25,29)/t22-/m0/s1. The Morgan fingerprint density at radius 3 is 2.72 bits per heavy atom. The molecule has 0 radical (unpaired) electrons. The van der Waals surface area contributed by atoms with Gasteiger partial charge in [0.25, 0.3) is 5.91 Å². The van der Waals surface area contributed by atoms with Crippen LogP contribution in [0, 0.1) is 6.92 Å². The molecule has 4 amide bonds. The van der Waals surface area contributed by atoms with E-state index in [1.54, 1.807) is 25.1 Å². The number of fused-ring (bicyclic) bond motifs is 1. The molecule has 1 aliphatic carbocycles. The first kappa shape index (κ1) is 19.5. The number of urea groups is 1. The van der Waals surface area contributed by atoms with Gasteiger partial charge in [0, 0.05) is 10.7 Å². The van der Waals surface area contributed by atoms with Crippen LogP contribution in [0.25, 0.3) is 0 Å². The number of hydrogen-bond acceptors (Lipinski definition) is 3. The predicted octanol–water partition coefficient (Wildman–Crippen LogP) is 3.54. The van der Waals surface area contributed by atoms with Crippen molar-refractivity contribution in [1.29, 1.82) is 0 Å². The molecule has 1 aliphatic heterocycles. The Morgan fingerprint density at radius 1 is 1.17 bits per heavy atom. The van der Waals surface area contributed by atoms with Crippen LogP contribution in [0.2, 0.25) is 5.02 Å². The number of nitrogens with zero attached hydrogens (tertiary/aromatic N) is 1. The lowest BCUT2D eigenvalue weighted by molar-refractivity contribution is -0.133. The number of imide groups is 1. The largest absolute Gasteiger partial charge is 0.325 e. The highest BCUT2D eigenvalue weighted by molar-refractivity contribution is 6.31. The SMILES string of the molecule is Cc1ccc(Cl)cc1NC(=O)CN1C(=O)N[C@@](C)(c2ccc3c(c2)CCC3)C1=O. The van der Waals surface area contributed by atoms with E-state index in [1.165, 1.54) is 11.1 Å². The minimum atomic E-state index is -1.18. The quantitative estimate of drug-likeness (QED) is 0.755. The first-order valence-corrected chi connectivity index (χ1v) is 9.98. The molecule has 1 atom stereocenters. The molecule has 2 aromatic carbocycles. The van der Waals surface area contributed by atoms with E-state index in [-0.39, 0.29) is 6.54 Å². The van der Waals surface area contributed by atoms with Gasteiger partial charge in [-0.2, -0.15) is 0 Å². The summed E-state index contributed by atoms with van der Waals surface area (Å²) in [5.41, 5.74) is 3.46. The van der Waals surface area contributed by atoms with Gasteiger partial charge in [-0.25, -0.2) is 4.79 Å². The van der Waals surface area contributed by atoms with Crippen LogP contribution in [0.3, 0.4) is 0 Å². The number of anilines is 1. The monoisotopic (exact) mass is 411 g/mol. The van der Waals surface area contributed by atoms with E-state index in [0.29, 0.717) is 10.7 Å². The average Bonchev–Trinajstić information content (AvgIpc) is 3.23. The molecular formula is C22H22ClN3O3. The van der Waals surface area contributed by atoms with Crippen LogP contribution < -0.4 is 10.6 Å². The Balaban J connectivity index is 1.52. The van der Waals surface area contributed by atoms with Crippen molar-refractivity contribution in [3.63, 3.8) is 0 Å². The molecule has 0 aromatic heterocycles. The number of amides is 4. The summed E-state index contributed by atoms with van der Waals surface area (Å²) in [7, 11) is 0. The highest BCUT2D eigenvalue weighted by Gasteiger charge is 2.49. The van der Waals surface area contributed by atoms with E-state index in [2.05, 4.69) is 10.6 Å². The van der Waals surface area contributed by atoms with Crippen LogP contribution in [0.15, 0.2) is 36.4 Å². The zero-order chi connectivity index (χ0) is 20.8. The number of halogens is 1. The summed E-state index contributed by atoms with van der Waals surface area (Å²) in [5, 5.41) is 5.98. The Bertz CT molecular complexity index is 1040. The van der Waals surface area contributed by atoms with Crippen LogP contribution >= 0.6 is 11.6 Å². The van der Waals surface area contributed by atoms with Crippen molar-refractivity contribution in [2.45, 2.75) is 38.6 Å². The van der Waals surface area contributed by atoms with Crippen LogP contribution in [0.1, 0.15) is 35.6 Å². The topological polar surface area (TPSA) is 78.5 Å². The molecule has 0 unspecified atom stereocenters. The number of carbonyl (C=O) groups excluding carboxylic acids is 3. The van der Waals surface area contributed by atoms with Gasteiger partial charge in [-0.1, -0.05) is 35.9 Å². The summed E-state index contributed by atoms with van der Waals surface area (Å²) in [6, 6.07) is 10.5. The summed E-state index contributed by atoms with van der Waals surface area (Å²) in [6.07, 6.45) is 3.12. The first-order chi connectivity index (χ1) is 13.8. The normalized spacial score (nSPS) is 20.6.